The molecule has 20 heavy (non-hydrogen) atoms. The minimum Gasteiger partial charge on any atom is -0.444 e. The number of carbonyl (C=O) groups excluding carboxylic acids is 4. The van der Waals surface area contributed by atoms with Gasteiger partial charge in [-0.3, -0.25) is 19.3 Å². The first-order valence-corrected chi connectivity index (χ1v) is 6.14. The van der Waals surface area contributed by atoms with Gasteiger partial charge in [-0.2, -0.15) is 0 Å². The van der Waals surface area contributed by atoms with Gasteiger partial charge in [0.15, 0.2) is 5.78 Å². The van der Waals surface area contributed by atoms with Crippen molar-refractivity contribution in [3.05, 3.63) is 12.2 Å². The van der Waals surface area contributed by atoms with Crippen molar-refractivity contribution in [1.82, 2.24) is 10.2 Å². The molecule has 7 heteroatoms. The predicted octanol–water partition coefficient (Wildman–Crippen LogP) is 0.394. The van der Waals surface area contributed by atoms with Gasteiger partial charge >= 0.3 is 6.09 Å². The zero-order valence-corrected chi connectivity index (χ0v) is 11.9. The highest BCUT2D eigenvalue weighted by Gasteiger charge is 2.34. The molecule has 0 aromatic heterocycles. The molecule has 3 amide bonds. The average Bonchev–Trinajstić information content (AvgIpc) is 2.58. The van der Waals surface area contributed by atoms with Gasteiger partial charge in [0, 0.05) is 18.7 Å². The SMILES string of the molecule is CC(=O)C(CNC(=O)OC(C)(C)C)N1C(=O)C=CC1=O. The van der Waals surface area contributed by atoms with E-state index in [-0.39, 0.29) is 6.54 Å². The molecule has 0 aromatic rings. The second-order valence-electron chi connectivity index (χ2n) is 5.39. The highest BCUT2D eigenvalue weighted by atomic mass is 16.6. The molecule has 0 bridgehead atoms. The lowest BCUT2D eigenvalue weighted by atomic mass is 10.1. The van der Waals surface area contributed by atoms with E-state index >= 15 is 0 Å². The number of rotatable bonds is 4. The Morgan fingerprint density at radius 2 is 1.75 bits per heavy atom. The van der Waals surface area contributed by atoms with Crippen molar-refractivity contribution in [1.29, 1.82) is 0 Å². The summed E-state index contributed by atoms with van der Waals surface area (Å²) in [5.41, 5.74) is -0.670. The molecular formula is C13H18N2O5. The van der Waals surface area contributed by atoms with E-state index in [1.165, 1.54) is 6.92 Å². The summed E-state index contributed by atoms with van der Waals surface area (Å²) < 4.78 is 5.02. The third-order valence-corrected chi connectivity index (χ3v) is 2.46. The first-order valence-electron chi connectivity index (χ1n) is 6.14. The number of Topliss-reactive ketones (excluding diaryl/α,β-unsaturated/α-hetero) is 1. The Morgan fingerprint density at radius 3 is 2.15 bits per heavy atom. The highest BCUT2D eigenvalue weighted by Crippen LogP contribution is 2.11. The Balaban J connectivity index is 2.66. The summed E-state index contributed by atoms with van der Waals surface area (Å²) in [7, 11) is 0. The molecule has 1 atom stereocenters. The minimum atomic E-state index is -1.03. The van der Waals surface area contributed by atoms with E-state index in [2.05, 4.69) is 5.32 Å². The van der Waals surface area contributed by atoms with Crippen LogP contribution in [0.5, 0.6) is 0 Å². The number of imide groups is 1. The molecule has 1 unspecified atom stereocenters. The van der Waals surface area contributed by atoms with Crippen LogP contribution in [0.15, 0.2) is 12.2 Å². The van der Waals surface area contributed by atoms with E-state index in [9.17, 15) is 19.2 Å². The molecule has 0 saturated carbocycles. The predicted molar refractivity (Wildman–Crippen MR) is 69.7 cm³/mol. The smallest absolute Gasteiger partial charge is 0.407 e. The standard InChI is InChI=1S/C13H18N2O5/c1-8(16)9(15-10(17)5-6-11(15)18)7-14-12(19)20-13(2,3)4/h5-6,9H,7H2,1-4H3,(H,14,19). The van der Waals surface area contributed by atoms with Gasteiger partial charge in [0.1, 0.15) is 11.6 Å². The fraction of sp³-hybridized carbons (Fsp3) is 0.538. The van der Waals surface area contributed by atoms with Crippen LogP contribution in [0.25, 0.3) is 0 Å². The monoisotopic (exact) mass is 282 g/mol. The number of nitrogens with one attached hydrogen (secondary N) is 1. The van der Waals surface area contributed by atoms with E-state index in [0.717, 1.165) is 17.1 Å². The van der Waals surface area contributed by atoms with Gasteiger partial charge in [0.2, 0.25) is 0 Å². The van der Waals surface area contributed by atoms with Crippen molar-refractivity contribution in [3.8, 4) is 0 Å². The van der Waals surface area contributed by atoms with E-state index in [1.807, 2.05) is 0 Å². The minimum absolute atomic E-state index is 0.177. The molecule has 1 aliphatic rings. The van der Waals surface area contributed by atoms with Crippen LogP contribution >= 0.6 is 0 Å². The Hall–Kier alpha value is -2.18. The van der Waals surface area contributed by atoms with Crippen LogP contribution in [0.3, 0.4) is 0 Å². The molecule has 0 saturated heterocycles. The van der Waals surface area contributed by atoms with Crippen molar-refractivity contribution in [2.24, 2.45) is 0 Å². The van der Waals surface area contributed by atoms with Crippen molar-refractivity contribution in [2.45, 2.75) is 39.3 Å². The summed E-state index contributed by atoms with van der Waals surface area (Å²) in [5, 5.41) is 2.38. The number of hydrogen-bond acceptors (Lipinski definition) is 5. The molecule has 0 radical (unpaired) electrons. The maximum absolute atomic E-state index is 11.6. The van der Waals surface area contributed by atoms with E-state index in [0.29, 0.717) is 0 Å². The lowest BCUT2D eigenvalue weighted by molar-refractivity contribution is -0.144. The molecule has 0 spiro atoms. The van der Waals surface area contributed by atoms with Gasteiger partial charge in [0.05, 0.1) is 0 Å². The van der Waals surface area contributed by atoms with Gasteiger partial charge in [-0.05, 0) is 27.7 Å². The molecule has 110 valence electrons. The van der Waals surface area contributed by atoms with Crippen LogP contribution in [0.2, 0.25) is 0 Å². The van der Waals surface area contributed by atoms with Gasteiger partial charge in [-0.25, -0.2) is 4.79 Å². The molecule has 0 aliphatic carbocycles. The lowest BCUT2D eigenvalue weighted by Gasteiger charge is -2.25. The summed E-state index contributed by atoms with van der Waals surface area (Å²) in [6.07, 6.45) is 1.47. The fourth-order valence-corrected chi connectivity index (χ4v) is 1.63. The van der Waals surface area contributed by atoms with Crippen LogP contribution in [0.1, 0.15) is 27.7 Å². The Morgan fingerprint density at radius 1 is 1.25 bits per heavy atom. The largest absolute Gasteiger partial charge is 0.444 e. The summed E-state index contributed by atoms with van der Waals surface area (Å²) >= 11 is 0. The maximum Gasteiger partial charge on any atom is 0.407 e. The van der Waals surface area contributed by atoms with Gasteiger partial charge in [-0.1, -0.05) is 0 Å². The number of nitrogens with zero attached hydrogens (tertiary/aromatic N) is 1. The number of hydrogen-bond donors (Lipinski definition) is 1. The van der Waals surface area contributed by atoms with Gasteiger partial charge in [-0.15, -0.1) is 0 Å². The lowest BCUT2D eigenvalue weighted by Crippen LogP contribution is -2.51. The van der Waals surface area contributed by atoms with Crippen molar-refractivity contribution >= 4 is 23.7 Å². The first-order chi connectivity index (χ1) is 9.11. The second-order valence-corrected chi connectivity index (χ2v) is 5.39. The molecular weight excluding hydrogens is 264 g/mol. The second kappa shape index (κ2) is 5.85. The normalized spacial score (nSPS) is 16.3. The summed E-state index contributed by atoms with van der Waals surface area (Å²) in [5.74, 6) is -1.53. The third-order valence-electron chi connectivity index (χ3n) is 2.46. The number of alkyl carbamates (subject to hydrolysis) is 1. The zero-order chi connectivity index (χ0) is 15.5. The van der Waals surface area contributed by atoms with Gasteiger partial charge in [0.25, 0.3) is 11.8 Å². The highest BCUT2D eigenvalue weighted by molar-refractivity contribution is 6.15. The van der Waals surface area contributed by atoms with Crippen molar-refractivity contribution < 1.29 is 23.9 Å². The first kappa shape index (κ1) is 15.9. The maximum atomic E-state index is 11.6. The molecule has 1 N–H and O–H groups in total. The van der Waals surface area contributed by atoms with E-state index < -0.39 is 35.3 Å². The topological polar surface area (TPSA) is 92.8 Å². The molecule has 0 aromatic carbocycles. The Kier molecular flexibility index (Phi) is 4.65. The number of carbonyl (C=O) groups is 4. The fourth-order valence-electron chi connectivity index (χ4n) is 1.63. The molecule has 7 nitrogen and oxygen atoms in total. The van der Waals surface area contributed by atoms with Crippen LogP contribution in [0.4, 0.5) is 4.79 Å². The summed E-state index contributed by atoms with van der Waals surface area (Å²) in [4.78, 5) is 46.9. The molecule has 1 rings (SSSR count). The Bertz CT molecular complexity index is 458. The molecule has 1 heterocycles. The van der Waals surface area contributed by atoms with Crippen LogP contribution in [0, 0.1) is 0 Å². The number of amides is 3. The molecule has 0 fully saturated rings. The summed E-state index contributed by atoms with van der Waals surface area (Å²) in [6, 6.07) is -1.03. The number of ketones is 1. The van der Waals surface area contributed by atoms with Crippen LogP contribution in [-0.4, -0.2) is 46.8 Å². The van der Waals surface area contributed by atoms with Crippen LogP contribution < -0.4 is 5.32 Å². The van der Waals surface area contributed by atoms with E-state index in [4.69, 9.17) is 4.74 Å². The zero-order valence-electron chi connectivity index (χ0n) is 11.9. The van der Waals surface area contributed by atoms with Crippen LogP contribution in [-0.2, 0) is 19.1 Å². The molecule has 1 aliphatic heterocycles. The van der Waals surface area contributed by atoms with E-state index in [1.54, 1.807) is 20.8 Å². The number of ether oxygens (including phenoxy) is 1. The van der Waals surface area contributed by atoms with Gasteiger partial charge < -0.3 is 10.1 Å². The van der Waals surface area contributed by atoms with Crippen molar-refractivity contribution in [2.75, 3.05) is 6.54 Å². The Labute approximate surface area is 116 Å². The summed E-state index contributed by atoms with van der Waals surface area (Å²) in [6.45, 7) is 6.18. The average molecular weight is 282 g/mol. The third kappa shape index (κ3) is 4.18. The quantitative estimate of drug-likeness (QED) is 0.753. The van der Waals surface area contributed by atoms with Crippen molar-refractivity contribution in [3.63, 3.8) is 0 Å².